The van der Waals surface area contributed by atoms with Crippen LogP contribution >= 0.6 is 0 Å². The first-order valence-corrected chi connectivity index (χ1v) is 11.0. The lowest BCUT2D eigenvalue weighted by Gasteiger charge is -2.18. The minimum atomic E-state index is -1.29. The molecule has 1 aliphatic heterocycles. The van der Waals surface area contributed by atoms with Gasteiger partial charge in [-0.2, -0.15) is 15.1 Å². The SMILES string of the molecule is O=C(O)/C=C/c1cnn(-c2nc(NC3CCCC3)c3ncn([C@@H]4O[C@@H](CO)[C@H](O)[C@@H]4O)c3n2)c1. The molecule has 2 aliphatic rings. The summed E-state index contributed by atoms with van der Waals surface area (Å²) in [7, 11) is 0. The molecule has 1 saturated carbocycles. The van der Waals surface area contributed by atoms with Crippen LogP contribution in [-0.4, -0.2) is 86.7 Å². The highest BCUT2D eigenvalue weighted by molar-refractivity contribution is 5.85. The summed E-state index contributed by atoms with van der Waals surface area (Å²) in [5.74, 6) is -0.372. The summed E-state index contributed by atoms with van der Waals surface area (Å²) in [6, 6.07) is 0.233. The minimum Gasteiger partial charge on any atom is -0.478 e. The topological polar surface area (TPSA) is 181 Å². The number of nitrogens with one attached hydrogen (secondary N) is 1. The Morgan fingerprint density at radius 1 is 1.24 bits per heavy atom. The lowest BCUT2D eigenvalue weighted by Crippen LogP contribution is -2.33. The van der Waals surface area contributed by atoms with Crippen molar-refractivity contribution in [2.45, 2.75) is 56.3 Å². The first-order chi connectivity index (χ1) is 16.4. The number of aliphatic hydroxyl groups is 3. The van der Waals surface area contributed by atoms with E-state index in [0.717, 1.165) is 31.8 Å². The molecule has 0 unspecified atom stereocenters. The number of anilines is 1. The quantitative estimate of drug-likeness (QED) is 0.294. The summed E-state index contributed by atoms with van der Waals surface area (Å²) >= 11 is 0. The average molecular weight is 471 g/mol. The van der Waals surface area contributed by atoms with Gasteiger partial charge in [0.15, 0.2) is 23.2 Å². The van der Waals surface area contributed by atoms with Crippen molar-refractivity contribution in [3.63, 3.8) is 0 Å². The van der Waals surface area contributed by atoms with E-state index >= 15 is 0 Å². The number of imidazole rings is 1. The van der Waals surface area contributed by atoms with Crippen LogP contribution in [0.3, 0.4) is 0 Å². The van der Waals surface area contributed by atoms with Gasteiger partial charge in [0.25, 0.3) is 5.95 Å². The Hall–Kier alpha value is -3.39. The van der Waals surface area contributed by atoms with E-state index in [4.69, 9.17) is 9.84 Å². The fourth-order valence-corrected chi connectivity index (χ4v) is 4.37. The monoisotopic (exact) mass is 471 g/mol. The van der Waals surface area contributed by atoms with Gasteiger partial charge >= 0.3 is 5.97 Å². The number of nitrogens with zero attached hydrogens (tertiary/aromatic N) is 6. The van der Waals surface area contributed by atoms with Crippen molar-refractivity contribution in [3.8, 4) is 5.95 Å². The Bertz CT molecular complexity index is 1220. The van der Waals surface area contributed by atoms with Crippen LogP contribution in [0.4, 0.5) is 5.82 Å². The number of aliphatic hydroxyl groups excluding tert-OH is 3. The highest BCUT2D eigenvalue weighted by Gasteiger charge is 2.44. The molecule has 2 fully saturated rings. The van der Waals surface area contributed by atoms with Gasteiger partial charge in [-0.05, 0) is 18.9 Å². The molecule has 4 atom stereocenters. The van der Waals surface area contributed by atoms with Crippen molar-refractivity contribution in [1.29, 1.82) is 0 Å². The van der Waals surface area contributed by atoms with Crippen molar-refractivity contribution in [3.05, 3.63) is 30.4 Å². The van der Waals surface area contributed by atoms with Crippen molar-refractivity contribution in [1.82, 2.24) is 29.3 Å². The molecule has 5 rings (SSSR count). The van der Waals surface area contributed by atoms with Gasteiger partial charge in [0, 0.05) is 23.9 Å². The standard InChI is InChI=1S/C21H25N7O6/c29-9-13-16(32)17(33)20(34-13)27-10-22-15-18(24-12-3-1-2-4-12)25-21(26-19(15)27)28-8-11(7-23-28)5-6-14(30)31/h5-8,10,12-13,16-17,20,29,32-33H,1-4,9H2,(H,30,31)(H,24,25,26)/b6-5+/t13-,16-,17-,20+/m0/s1. The Kier molecular flexibility index (Phi) is 6.00. The van der Waals surface area contributed by atoms with Gasteiger partial charge in [-0.1, -0.05) is 12.8 Å². The van der Waals surface area contributed by atoms with E-state index in [0.29, 0.717) is 22.5 Å². The first-order valence-electron chi connectivity index (χ1n) is 11.0. The predicted octanol–water partition coefficient (Wildman–Crippen LogP) is 0.0758. The fraction of sp³-hybridized carbons (Fsp3) is 0.476. The second-order valence-electron chi connectivity index (χ2n) is 8.44. The third kappa shape index (κ3) is 4.14. The molecule has 4 heterocycles. The average Bonchev–Trinajstić information content (AvgIpc) is 3.61. The molecule has 13 nitrogen and oxygen atoms in total. The maximum Gasteiger partial charge on any atom is 0.328 e. The van der Waals surface area contributed by atoms with Gasteiger partial charge in [0.2, 0.25) is 0 Å². The molecular formula is C21H25N7O6. The number of hydrogen-bond acceptors (Lipinski definition) is 10. The minimum absolute atomic E-state index is 0.205. The largest absolute Gasteiger partial charge is 0.478 e. The summed E-state index contributed by atoms with van der Waals surface area (Å²) in [5.41, 5.74) is 1.36. The number of aliphatic carboxylic acids is 1. The van der Waals surface area contributed by atoms with Gasteiger partial charge in [-0.15, -0.1) is 0 Å². The van der Waals surface area contributed by atoms with Crippen LogP contribution in [0.2, 0.25) is 0 Å². The molecule has 5 N–H and O–H groups in total. The van der Waals surface area contributed by atoms with Gasteiger partial charge in [0.1, 0.15) is 18.3 Å². The van der Waals surface area contributed by atoms with Crippen molar-refractivity contribution in [2.75, 3.05) is 11.9 Å². The number of carboxylic acids is 1. The number of ether oxygens (including phenoxy) is 1. The summed E-state index contributed by atoms with van der Waals surface area (Å²) in [4.78, 5) is 24.4. The number of rotatable bonds is 7. The molecule has 1 aliphatic carbocycles. The maximum atomic E-state index is 10.8. The molecule has 0 spiro atoms. The van der Waals surface area contributed by atoms with E-state index in [9.17, 15) is 20.1 Å². The van der Waals surface area contributed by atoms with Crippen LogP contribution in [0.5, 0.6) is 0 Å². The van der Waals surface area contributed by atoms with E-state index in [1.807, 2.05) is 0 Å². The molecule has 0 radical (unpaired) electrons. The first kappa shape index (κ1) is 22.4. The number of carbonyl (C=O) groups is 1. The maximum absolute atomic E-state index is 10.8. The third-order valence-corrected chi connectivity index (χ3v) is 6.12. The molecule has 0 aromatic carbocycles. The molecule has 0 bridgehead atoms. The van der Waals surface area contributed by atoms with Gasteiger partial charge < -0.3 is 30.5 Å². The zero-order valence-corrected chi connectivity index (χ0v) is 18.1. The lowest BCUT2D eigenvalue weighted by molar-refractivity contribution is -0.131. The Balaban J connectivity index is 1.57. The van der Waals surface area contributed by atoms with Crippen LogP contribution < -0.4 is 5.32 Å². The van der Waals surface area contributed by atoms with Gasteiger partial charge in [0.05, 0.1) is 19.1 Å². The predicted molar refractivity (Wildman–Crippen MR) is 118 cm³/mol. The highest BCUT2D eigenvalue weighted by Crippen LogP contribution is 2.33. The van der Waals surface area contributed by atoms with E-state index < -0.39 is 37.1 Å². The molecule has 1 saturated heterocycles. The van der Waals surface area contributed by atoms with E-state index in [1.165, 1.54) is 27.8 Å². The van der Waals surface area contributed by atoms with E-state index in [-0.39, 0.29) is 12.0 Å². The van der Waals surface area contributed by atoms with Crippen molar-refractivity contribution >= 4 is 29.0 Å². The van der Waals surface area contributed by atoms with Crippen LogP contribution in [0.25, 0.3) is 23.2 Å². The smallest absolute Gasteiger partial charge is 0.328 e. The summed E-state index contributed by atoms with van der Waals surface area (Å²) in [6.45, 7) is -0.448. The summed E-state index contributed by atoms with van der Waals surface area (Å²) in [5, 5.41) is 46.7. The Morgan fingerprint density at radius 3 is 2.74 bits per heavy atom. The molecule has 180 valence electrons. The van der Waals surface area contributed by atoms with Gasteiger partial charge in [-0.3, -0.25) is 4.57 Å². The number of aromatic nitrogens is 6. The molecule has 3 aromatic rings. The van der Waals surface area contributed by atoms with Gasteiger partial charge in [-0.25, -0.2) is 14.5 Å². The number of fused-ring (bicyclic) bond motifs is 1. The van der Waals surface area contributed by atoms with Crippen molar-refractivity contribution < 1.29 is 30.0 Å². The van der Waals surface area contributed by atoms with Crippen molar-refractivity contribution in [2.24, 2.45) is 0 Å². The Morgan fingerprint density at radius 2 is 2.03 bits per heavy atom. The second-order valence-corrected chi connectivity index (χ2v) is 8.44. The molecule has 13 heteroatoms. The highest BCUT2D eigenvalue weighted by atomic mass is 16.6. The second kappa shape index (κ2) is 9.10. The van der Waals surface area contributed by atoms with Crippen LogP contribution in [0, 0.1) is 0 Å². The lowest BCUT2D eigenvalue weighted by atomic mass is 10.1. The van der Waals surface area contributed by atoms with Crippen LogP contribution in [-0.2, 0) is 9.53 Å². The molecule has 3 aromatic heterocycles. The zero-order valence-electron chi connectivity index (χ0n) is 18.1. The zero-order chi connectivity index (χ0) is 23.8. The van der Waals surface area contributed by atoms with E-state index in [1.54, 1.807) is 6.20 Å². The van der Waals surface area contributed by atoms with E-state index in [2.05, 4.69) is 25.4 Å². The van der Waals surface area contributed by atoms with Crippen LogP contribution in [0.1, 0.15) is 37.5 Å². The number of hydrogen-bond donors (Lipinski definition) is 5. The van der Waals surface area contributed by atoms with Crippen LogP contribution in [0.15, 0.2) is 24.8 Å². The normalized spacial score (nSPS) is 25.6. The molecule has 0 amide bonds. The molecule has 34 heavy (non-hydrogen) atoms. The third-order valence-electron chi connectivity index (χ3n) is 6.12. The number of carboxylic acid groups (broad SMARTS) is 1. The molecular weight excluding hydrogens is 446 g/mol. The Labute approximate surface area is 193 Å². The summed E-state index contributed by atoms with van der Waals surface area (Å²) in [6.07, 6.45) is 6.68. The summed E-state index contributed by atoms with van der Waals surface area (Å²) < 4.78 is 8.58. The fourth-order valence-electron chi connectivity index (χ4n) is 4.37.